The lowest BCUT2D eigenvalue weighted by Gasteiger charge is -2.32. The number of hydrogen-bond donors (Lipinski definition) is 2. The highest BCUT2D eigenvalue weighted by atomic mass is 32.2. The first-order valence-electron chi connectivity index (χ1n) is 9.03. The predicted octanol–water partition coefficient (Wildman–Crippen LogP) is 2.36. The fraction of sp³-hybridized carbons (Fsp3) is 0.812. The van der Waals surface area contributed by atoms with Crippen LogP contribution in [0, 0.1) is 0 Å². The van der Waals surface area contributed by atoms with Gasteiger partial charge in [-0.1, -0.05) is 11.6 Å². The minimum absolute atomic E-state index is 0.0989. The Hall–Kier alpha value is -1.29. The van der Waals surface area contributed by atoms with Crippen LogP contribution < -0.4 is 10.6 Å². The first kappa shape index (κ1) is 21.0. The molecule has 0 amide bonds. The van der Waals surface area contributed by atoms with Crippen molar-refractivity contribution in [1.29, 1.82) is 0 Å². The summed E-state index contributed by atoms with van der Waals surface area (Å²) in [6.45, 7) is 2.98. The Balaban J connectivity index is 1.84. The van der Waals surface area contributed by atoms with Crippen LogP contribution in [0.1, 0.15) is 45.4 Å². The number of nitrogens with zero attached hydrogens (tertiary/aromatic N) is 2. The molecule has 1 aliphatic carbocycles. The van der Waals surface area contributed by atoms with E-state index in [9.17, 15) is 21.6 Å². The summed E-state index contributed by atoms with van der Waals surface area (Å²) in [6.07, 6.45) is 7.26. The molecule has 0 aromatic heterocycles. The number of hydrogen-bond acceptors (Lipinski definition) is 3. The van der Waals surface area contributed by atoms with Crippen LogP contribution in [0.2, 0.25) is 0 Å². The smallest absolute Gasteiger partial charge is 0.357 e. The second-order valence-electron chi connectivity index (χ2n) is 6.53. The molecule has 1 heterocycles. The number of nitrogens with one attached hydrogen (secondary N) is 2. The van der Waals surface area contributed by atoms with Crippen LogP contribution in [0.4, 0.5) is 13.2 Å². The molecule has 2 N–H and O–H groups in total. The lowest BCUT2D eigenvalue weighted by atomic mass is 10.1. The Kier molecular flexibility index (Phi) is 7.33. The standard InChI is InChI=1S/C16H27F3N4O2S/c1-2-20-15(21-10-7-13-5-3-4-6-13)22-14-8-11-23(12-9-14)26(24,25)16(17,18)19/h5,14H,2-4,6-12H2,1H3,(H2,20,21,22). The Labute approximate surface area is 153 Å². The van der Waals surface area contributed by atoms with E-state index in [0.29, 0.717) is 36.2 Å². The molecule has 150 valence electrons. The molecule has 0 aromatic rings. The molecule has 1 aliphatic heterocycles. The largest absolute Gasteiger partial charge is 0.511 e. The van der Waals surface area contributed by atoms with E-state index in [0.717, 1.165) is 19.3 Å². The highest BCUT2D eigenvalue weighted by Crippen LogP contribution is 2.29. The topological polar surface area (TPSA) is 73.8 Å². The van der Waals surface area contributed by atoms with Crippen LogP contribution in [0.3, 0.4) is 0 Å². The van der Waals surface area contributed by atoms with Gasteiger partial charge in [0.1, 0.15) is 0 Å². The molecule has 26 heavy (non-hydrogen) atoms. The van der Waals surface area contributed by atoms with E-state index < -0.39 is 15.5 Å². The second-order valence-corrected chi connectivity index (χ2v) is 8.46. The average molecular weight is 396 g/mol. The number of piperidine rings is 1. The molecule has 0 bridgehead atoms. The van der Waals surface area contributed by atoms with Gasteiger partial charge in [0.15, 0.2) is 5.96 Å². The van der Waals surface area contributed by atoms with Crippen molar-refractivity contribution in [2.45, 2.75) is 57.0 Å². The van der Waals surface area contributed by atoms with Gasteiger partial charge in [0.25, 0.3) is 0 Å². The van der Waals surface area contributed by atoms with E-state index in [1.165, 1.54) is 12.0 Å². The van der Waals surface area contributed by atoms with Crippen LogP contribution >= 0.6 is 0 Å². The minimum atomic E-state index is -5.24. The van der Waals surface area contributed by atoms with Gasteiger partial charge in [-0.15, -0.1) is 0 Å². The molecule has 2 rings (SSSR count). The molecule has 0 saturated carbocycles. The van der Waals surface area contributed by atoms with Crippen LogP contribution in [0.25, 0.3) is 0 Å². The van der Waals surface area contributed by atoms with E-state index in [4.69, 9.17) is 0 Å². The third kappa shape index (κ3) is 5.60. The van der Waals surface area contributed by atoms with Crippen molar-refractivity contribution in [3.8, 4) is 0 Å². The summed E-state index contributed by atoms with van der Waals surface area (Å²) in [5.74, 6) is 0.628. The number of guanidine groups is 1. The Morgan fingerprint density at radius 3 is 2.58 bits per heavy atom. The van der Waals surface area contributed by atoms with Crippen molar-refractivity contribution in [2.75, 3.05) is 26.2 Å². The average Bonchev–Trinajstić information content (AvgIpc) is 3.08. The van der Waals surface area contributed by atoms with Gasteiger partial charge in [0.05, 0.1) is 0 Å². The zero-order valence-corrected chi connectivity index (χ0v) is 15.8. The van der Waals surface area contributed by atoms with Gasteiger partial charge in [0, 0.05) is 32.2 Å². The molecule has 10 heteroatoms. The van der Waals surface area contributed by atoms with Crippen LogP contribution in [-0.2, 0) is 10.0 Å². The number of rotatable bonds is 6. The fourth-order valence-electron chi connectivity index (χ4n) is 3.18. The Morgan fingerprint density at radius 1 is 1.35 bits per heavy atom. The van der Waals surface area contributed by atoms with Crippen LogP contribution in [0.5, 0.6) is 0 Å². The van der Waals surface area contributed by atoms with Crippen molar-refractivity contribution in [3.05, 3.63) is 11.6 Å². The molecule has 1 saturated heterocycles. The quantitative estimate of drug-likeness (QED) is 0.411. The Bertz CT molecular complexity index is 624. The molecule has 0 unspecified atom stereocenters. The van der Waals surface area contributed by atoms with Crippen LogP contribution in [0.15, 0.2) is 16.6 Å². The summed E-state index contributed by atoms with van der Waals surface area (Å²) < 4.78 is 61.2. The van der Waals surface area contributed by atoms with Gasteiger partial charge < -0.3 is 10.6 Å². The maximum atomic E-state index is 12.6. The lowest BCUT2D eigenvalue weighted by Crippen LogP contribution is -2.51. The number of alkyl halides is 3. The normalized spacial score (nSPS) is 20.9. The van der Waals surface area contributed by atoms with Gasteiger partial charge in [0.2, 0.25) is 0 Å². The van der Waals surface area contributed by atoms with E-state index in [1.807, 2.05) is 6.92 Å². The summed E-state index contributed by atoms with van der Waals surface area (Å²) in [6, 6.07) is -0.0989. The predicted molar refractivity (Wildman–Crippen MR) is 95.2 cm³/mol. The molecule has 0 spiro atoms. The fourth-order valence-corrected chi connectivity index (χ4v) is 4.16. The molecule has 6 nitrogen and oxygen atoms in total. The molecular formula is C16H27F3N4O2S. The van der Waals surface area contributed by atoms with Crippen molar-refractivity contribution in [2.24, 2.45) is 4.99 Å². The molecular weight excluding hydrogens is 369 g/mol. The summed E-state index contributed by atoms with van der Waals surface area (Å²) in [5, 5.41) is 6.34. The van der Waals surface area contributed by atoms with Crippen molar-refractivity contribution >= 4 is 16.0 Å². The van der Waals surface area contributed by atoms with Crippen molar-refractivity contribution < 1.29 is 21.6 Å². The molecule has 1 fully saturated rings. The number of aliphatic imine (C=N–C) groups is 1. The summed E-state index contributed by atoms with van der Waals surface area (Å²) in [4.78, 5) is 4.52. The molecule has 0 aromatic carbocycles. The third-order valence-corrected chi connectivity index (χ3v) is 6.24. The van der Waals surface area contributed by atoms with Crippen molar-refractivity contribution in [3.63, 3.8) is 0 Å². The highest BCUT2D eigenvalue weighted by Gasteiger charge is 2.50. The number of sulfonamides is 1. The van der Waals surface area contributed by atoms with E-state index in [1.54, 1.807) is 0 Å². The number of allylic oxidation sites excluding steroid dienone is 1. The third-order valence-electron chi connectivity index (χ3n) is 4.61. The maximum absolute atomic E-state index is 12.6. The molecule has 0 radical (unpaired) electrons. The van der Waals surface area contributed by atoms with E-state index >= 15 is 0 Å². The van der Waals surface area contributed by atoms with Gasteiger partial charge in [-0.05, 0) is 45.4 Å². The second kappa shape index (κ2) is 9.07. The van der Waals surface area contributed by atoms with E-state index in [2.05, 4.69) is 21.7 Å². The highest BCUT2D eigenvalue weighted by molar-refractivity contribution is 7.90. The maximum Gasteiger partial charge on any atom is 0.511 e. The van der Waals surface area contributed by atoms with Crippen LogP contribution in [-0.4, -0.2) is 56.4 Å². The van der Waals surface area contributed by atoms with Crippen molar-refractivity contribution in [1.82, 2.24) is 14.9 Å². The summed E-state index contributed by atoms with van der Waals surface area (Å²) >= 11 is 0. The first-order valence-corrected chi connectivity index (χ1v) is 10.5. The first-order chi connectivity index (χ1) is 12.2. The summed E-state index contributed by atoms with van der Waals surface area (Å²) in [7, 11) is -5.23. The lowest BCUT2D eigenvalue weighted by molar-refractivity contribution is -0.0494. The van der Waals surface area contributed by atoms with Gasteiger partial charge in [-0.2, -0.15) is 17.5 Å². The van der Waals surface area contributed by atoms with E-state index in [-0.39, 0.29) is 19.1 Å². The SMILES string of the molecule is CCNC(=NCCC1=CCCC1)NC1CCN(S(=O)(=O)C(F)(F)F)CC1. The van der Waals surface area contributed by atoms with Gasteiger partial charge in [-0.3, -0.25) is 4.99 Å². The molecule has 0 atom stereocenters. The van der Waals surface area contributed by atoms with Gasteiger partial charge >= 0.3 is 15.5 Å². The zero-order valence-electron chi connectivity index (χ0n) is 15.0. The summed E-state index contributed by atoms with van der Waals surface area (Å²) in [5.41, 5.74) is -3.81. The minimum Gasteiger partial charge on any atom is -0.357 e. The molecule has 2 aliphatic rings. The number of halogens is 3. The Morgan fingerprint density at radius 2 is 2.04 bits per heavy atom. The zero-order chi connectivity index (χ0) is 19.2. The van der Waals surface area contributed by atoms with Gasteiger partial charge in [-0.25, -0.2) is 8.42 Å². The monoisotopic (exact) mass is 396 g/mol.